The summed E-state index contributed by atoms with van der Waals surface area (Å²) in [6.07, 6.45) is 14.2. The third kappa shape index (κ3) is 7.94. The molecule has 2 saturated heterocycles. The molecule has 0 bridgehead atoms. The molecule has 2 heterocycles. The lowest BCUT2D eigenvalue weighted by Crippen LogP contribution is -2.64. The molecular formula is C32H58N4O2. The largest absolute Gasteiger partial charge is 0.342 e. The van der Waals surface area contributed by atoms with Crippen LogP contribution in [0.2, 0.25) is 0 Å². The Balaban J connectivity index is 1.83. The van der Waals surface area contributed by atoms with E-state index in [9.17, 15) is 9.59 Å². The Hall–Kier alpha value is -1.66. The topological polar surface area (TPSA) is 47.1 Å². The number of hydrogen-bond acceptors (Lipinski definition) is 4. The summed E-state index contributed by atoms with van der Waals surface area (Å²) in [6.45, 7) is 29.6. The summed E-state index contributed by atoms with van der Waals surface area (Å²) in [6, 6.07) is 0.533. The van der Waals surface area contributed by atoms with Crippen LogP contribution >= 0.6 is 0 Å². The SMILES string of the molecule is C=CCN1C(C)(C)CC(N(C=O)CCCCCCN(C=O)C2CC(C)(C)N(CC=C)C(C)(C)C2)CC1(C)C. The van der Waals surface area contributed by atoms with Crippen LogP contribution in [0.15, 0.2) is 25.3 Å². The van der Waals surface area contributed by atoms with Gasteiger partial charge in [0.25, 0.3) is 0 Å². The number of nitrogens with zero attached hydrogens (tertiary/aromatic N) is 4. The summed E-state index contributed by atoms with van der Waals surface area (Å²) >= 11 is 0. The van der Waals surface area contributed by atoms with E-state index in [4.69, 9.17) is 0 Å². The second kappa shape index (κ2) is 13.1. The fourth-order valence-corrected chi connectivity index (χ4v) is 7.83. The fraction of sp³-hybridized carbons (Fsp3) is 0.812. The Morgan fingerprint density at radius 2 is 0.895 bits per heavy atom. The van der Waals surface area contributed by atoms with Gasteiger partial charge in [0, 0.05) is 60.4 Å². The second-order valence-corrected chi connectivity index (χ2v) is 14.3. The Labute approximate surface area is 234 Å². The van der Waals surface area contributed by atoms with Crippen molar-refractivity contribution in [1.82, 2.24) is 19.6 Å². The summed E-state index contributed by atoms with van der Waals surface area (Å²) in [5, 5.41) is 0. The third-order valence-electron chi connectivity index (χ3n) is 9.28. The molecule has 2 aliphatic heterocycles. The van der Waals surface area contributed by atoms with Crippen LogP contribution in [0.5, 0.6) is 0 Å². The quantitative estimate of drug-likeness (QED) is 0.151. The number of unbranched alkanes of at least 4 members (excludes halogenated alkanes) is 3. The Bertz CT molecular complexity index is 701. The Morgan fingerprint density at radius 3 is 1.13 bits per heavy atom. The molecule has 0 aromatic heterocycles. The van der Waals surface area contributed by atoms with Crippen LogP contribution in [0.1, 0.15) is 107 Å². The number of likely N-dealkylation sites (tertiary alicyclic amines) is 2. The van der Waals surface area contributed by atoms with Crippen LogP contribution in [-0.4, -0.2) is 92.8 Å². The highest BCUT2D eigenvalue weighted by atomic mass is 16.1. The van der Waals surface area contributed by atoms with Gasteiger partial charge < -0.3 is 9.80 Å². The van der Waals surface area contributed by atoms with Crippen LogP contribution in [0, 0.1) is 0 Å². The Morgan fingerprint density at radius 1 is 0.605 bits per heavy atom. The highest BCUT2D eigenvalue weighted by molar-refractivity contribution is 5.48. The maximum Gasteiger partial charge on any atom is 0.209 e. The van der Waals surface area contributed by atoms with Gasteiger partial charge in [-0.3, -0.25) is 19.4 Å². The molecule has 0 N–H and O–H groups in total. The predicted octanol–water partition coefficient (Wildman–Crippen LogP) is 5.88. The molecular weight excluding hydrogens is 472 g/mol. The lowest BCUT2D eigenvalue weighted by molar-refractivity contribution is -0.126. The summed E-state index contributed by atoms with van der Waals surface area (Å²) in [4.78, 5) is 33.3. The molecule has 0 aromatic carbocycles. The number of carbonyl (C=O) groups excluding carboxylic acids is 2. The molecule has 0 aliphatic carbocycles. The number of hydrogen-bond donors (Lipinski definition) is 0. The van der Waals surface area contributed by atoms with Gasteiger partial charge in [-0.05, 0) is 93.9 Å². The van der Waals surface area contributed by atoms with Crippen molar-refractivity contribution in [3.63, 3.8) is 0 Å². The summed E-state index contributed by atoms with van der Waals surface area (Å²) in [5.74, 6) is 0. The van der Waals surface area contributed by atoms with E-state index in [1.165, 1.54) is 0 Å². The molecule has 0 aromatic rings. The van der Waals surface area contributed by atoms with Gasteiger partial charge in [-0.2, -0.15) is 0 Å². The third-order valence-corrected chi connectivity index (χ3v) is 9.28. The van der Waals surface area contributed by atoms with Crippen LogP contribution in [-0.2, 0) is 9.59 Å². The second-order valence-electron chi connectivity index (χ2n) is 14.3. The molecule has 6 nitrogen and oxygen atoms in total. The normalized spacial score (nSPS) is 23.5. The molecule has 0 saturated carbocycles. The van der Waals surface area contributed by atoms with E-state index in [-0.39, 0.29) is 34.2 Å². The van der Waals surface area contributed by atoms with Crippen molar-refractivity contribution in [2.45, 2.75) is 141 Å². The minimum atomic E-state index is 0.0190. The molecule has 0 radical (unpaired) electrons. The first-order chi connectivity index (χ1) is 17.6. The first kappa shape index (κ1) is 32.6. The minimum absolute atomic E-state index is 0.0190. The van der Waals surface area contributed by atoms with E-state index < -0.39 is 0 Å². The molecule has 0 spiro atoms. The molecule has 0 atom stereocenters. The summed E-state index contributed by atoms with van der Waals surface area (Å²) in [5.41, 5.74) is 0.0759. The van der Waals surface area contributed by atoms with Crippen LogP contribution in [0.4, 0.5) is 0 Å². The van der Waals surface area contributed by atoms with E-state index in [1.54, 1.807) is 0 Å². The molecule has 0 unspecified atom stereocenters. The summed E-state index contributed by atoms with van der Waals surface area (Å²) < 4.78 is 0. The first-order valence-corrected chi connectivity index (χ1v) is 14.8. The van der Waals surface area contributed by atoms with E-state index in [1.807, 2.05) is 22.0 Å². The van der Waals surface area contributed by atoms with E-state index in [0.29, 0.717) is 0 Å². The van der Waals surface area contributed by atoms with Crippen molar-refractivity contribution in [3.05, 3.63) is 25.3 Å². The van der Waals surface area contributed by atoms with Gasteiger partial charge in [0.1, 0.15) is 0 Å². The molecule has 2 rings (SSSR count). The Kier molecular flexibility index (Phi) is 11.2. The highest BCUT2D eigenvalue weighted by Gasteiger charge is 2.47. The monoisotopic (exact) mass is 530 g/mol. The van der Waals surface area contributed by atoms with Crippen LogP contribution < -0.4 is 0 Å². The van der Waals surface area contributed by atoms with Crippen molar-refractivity contribution in [1.29, 1.82) is 0 Å². The average molecular weight is 531 g/mol. The average Bonchev–Trinajstić information content (AvgIpc) is 2.79. The number of carbonyl (C=O) groups is 2. The van der Waals surface area contributed by atoms with Crippen molar-refractivity contribution in [2.75, 3.05) is 26.2 Å². The molecule has 38 heavy (non-hydrogen) atoms. The van der Waals surface area contributed by atoms with E-state index in [0.717, 1.165) is 90.4 Å². The zero-order chi connectivity index (χ0) is 28.8. The molecule has 2 amide bonds. The van der Waals surface area contributed by atoms with Gasteiger partial charge in [-0.25, -0.2) is 0 Å². The first-order valence-electron chi connectivity index (χ1n) is 14.8. The number of amides is 2. The zero-order valence-electron chi connectivity index (χ0n) is 26.0. The summed E-state index contributed by atoms with van der Waals surface area (Å²) in [7, 11) is 0. The van der Waals surface area contributed by atoms with Gasteiger partial charge in [-0.15, -0.1) is 13.2 Å². The van der Waals surface area contributed by atoms with E-state index >= 15 is 0 Å². The van der Waals surface area contributed by atoms with Crippen LogP contribution in [0.3, 0.4) is 0 Å². The highest BCUT2D eigenvalue weighted by Crippen LogP contribution is 2.41. The minimum Gasteiger partial charge on any atom is -0.342 e. The van der Waals surface area contributed by atoms with Gasteiger partial charge >= 0.3 is 0 Å². The van der Waals surface area contributed by atoms with Crippen molar-refractivity contribution in [3.8, 4) is 0 Å². The van der Waals surface area contributed by atoms with Crippen LogP contribution in [0.25, 0.3) is 0 Å². The molecule has 6 heteroatoms. The van der Waals surface area contributed by atoms with Gasteiger partial charge in [0.2, 0.25) is 12.8 Å². The molecule has 2 fully saturated rings. The van der Waals surface area contributed by atoms with Crippen molar-refractivity contribution < 1.29 is 9.59 Å². The van der Waals surface area contributed by atoms with Gasteiger partial charge in [0.15, 0.2) is 0 Å². The molecule has 218 valence electrons. The lowest BCUT2D eigenvalue weighted by atomic mass is 9.76. The standard InChI is InChI=1S/C32H58N4O2/c1-11-17-35-29(3,4)21-27(22-30(35,5)6)33(25-37)19-15-13-14-16-20-34(26-38)28-23-31(7,8)36(18-12-2)32(9,10)24-28/h11-12,25-28H,1-2,13-24H2,3-10H3. The lowest BCUT2D eigenvalue weighted by Gasteiger charge is -2.56. The zero-order valence-corrected chi connectivity index (χ0v) is 26.0. The smallest absolute Gasteiger partial charge is 0.209 e. The number of piperidine rings is 2. The number of rotatable bonds is 15. The fourth-order valence-electron chi connectivity index (χ4n) is 7.83. The van der Waals surface area contributed by atoms with Gasteiger partial charge in [0.05, 0.1) is 0 Å². The van der Waals surface area contributed by atoms with Gasteiger partial charge in [-0.1, -0.05) is 25.0 Å². The van der Waals surface area contributed by atoms with Crippen molar-refractivity contribution >= 4 is 12.8 Å². The molecule has 2 aliphatic rings. The van der Waals surface area contributed by atoms with Crippen molar-refractivity contribution in [2.24, 2.45) is 0 Å². The maximum absolute atomic E-state index is 12.1. The predicted molar refractivity (Wildman–Crippen MR) is 160 cm³/mol. The van der Waals surface area contributed by atoms with E-state index in [2.05, 4.69) is 78.3 Å². The maximum atomic E-state index is 12.1.